The number of nitrogens with one attached hydrogen (secondary N) is 2. The number of aromatic amines is 1. The topological polar surface area (TPSA) is 140 Å². The standard InChI is InChI=1S/C26H25F3N8O4S/c1-40-22-5-2-16(10-31-22)8-24-9-18(33-24)13-36(14-24)21-4-3-17(11-30-21)25(41-42(38,39)26(27,28)29)7-6-20-19-12-32-34-23(19)35-37(20)15-25/h2-7,10-12,18,33H,8-9,13-15H2,1H3,(H,34,35). The second kappa shape index (κ2) is 9.24. The van der Waals surface area contributed by atoms with Crippen LogP contribution in [-0.4, -0.2) is 75.7 Å². The van der Waals surface area contributed by atoms with Gasteiger partial charge in [0, 0.05) is 48.7 Å². The van der Waals surface area contributed by atoms with Gasteiger partial charge in [-0.05, 0) is 36.6 Å². The molecule has 220 valence electrons. The predicted molar refractivity (Wildman–Crippen MR) is 144 cm³/mol. The highest BCUT2D eigenvalue weighted by Crippen LogP contribution is 2.41. The molecule has 0 amide bonds. The average molecular weight is 603 g/mol. The number of alkyl halides is 3. The number of H-pyrrole nitrogens is 1. The van der Waals surface area contributed by atoms with Crippen LogP contribution >= 0.6 is 0 Å². The fraction of sp³-hybridized carbons (Fsp3) is 0.385. The van der Waals surface area contributed by atoms with E-state index in [9.17, 15) is 21.6 Å². The molecule has 3 unspecified atom stereocenters. The molecule has 0 aromatic carbocycles. The van der Waals surface area contributed by atoms with Gasteiger partial charge in [-0.15, -0.1) is 0 Å². The second-order valence-corrected chi connectivity index (χ2v) is 12.4. The van der Waals surface area contributed by atoms with Crippen LogP contribution < -0.4 is 15.0 Å². The van der Waals surface area contributed by atoms with E-state index >= 15 is 0 Å². The monoisotopic (exact) mass is 602 g/mol. The van der Waals surface area contributed by atoms with E-state index in [0.29, 0.717) is 41.5 Å². The van der Waals surface area contributed by atoms with E-state index in [0.717, 1.165) is 18.4 Å². The van der Waals surface area contributed by atoms with Crippen LogP contribution in [0.3, 0.4) is 0 Å². The average Bonchev–Trinajstić information content (AvgIpc) is 3.53. The maximum atomic E-state index is 13.5. The van der Waals surface area contributed by atoms with Gasteiger partial charge in [0.2, 0.25) is 5.88 Å². The minimum Gasteiger partial charge on any atom is -0.481 e. The summed E-state index contributed by atoms with van der Waals surface area (Å²) < 4.78 is 76.3. The molecule has 16 heteroatoms. The van der Waals surface area contributed by atoms with Gasteiger partial charge in [0.05, 0.1) is 30.9 Å². The van der Waals surface area contributed by atoms with Gasteiger partial charge < -0.3 is 15.0 Å². The van der Waals surface area contributed by atoms with Crippen molar-refractivity contribution in [1.82, 2.24) is 35.3 Å². The summed E-state index contributed by atoms with van der Waals surface area (Å²) in [5.41, 5.74) is -5.65. The molecule has 8 heterocycles. The number of fused-ring (bicyclic) bond motifs is 5. The number of aromatic nitrogens is 6. The summed E-state index contributed by atoms with van der Waals surface area (Å²) in [5, 5.41) is 15.2. The smallest absolute Gasteiger partial charge is 0.481 e. The molecule has 4 aromatic rings. The number of pyridine rings is 2. The van der Waals surface area contributed by atoms with Gasteiger partial charge in [-0.3, -0.25) is 9.78 Å². The van der Waals surface area contributed by atoms with Crippen molar-refractivity contribution in [2.24, 2.45) is 0 Å². The fourth-order valence-corrected chi connectivity index (χ4v) is 6.87. The Balaban J connectivity index is 1.16. The zero-order valence-electron chi connectivity index (χ0n) is 22.2. The van der Waals surface area contributed by atoms with Crippen molar-refractivity contribution in [2.75, 3.05) is 25.1 Å². The van der Waals surface area contributed by atoms with Crippen LogP contribution in [-0.2, 0) is 32.9 Å². The van der Waals surface area contributed by atoms with Crippen LogP contribution in [0.5, 0.6) is 5.88 Å². The second-order valence-electron chi connectivity index (χ2n) is 10.9. The van der Waals surface area contributed by atoms with Crippen molar-refractivity contribution >= 4 is 33.0 Å². The molecule has 4 aromatic heterocycles. The normalized spacial score (nSPS) is 25.3. The summed E-state index contributed by atoms with van der Waals surface area (Å²) in [5.74, 6) is 1.16. The van der Waals surface area contributed by atoms with Crippen LogP contribution in [0, 0.1) is 0 Å². The van der Waals surface area contributed by atoms with Gasteiger partial charge in [0.15, 0.2) is 11.2 Å². The quantitative estimate of drug-likeness (QED) is 0.240. The molecule has 2 bridgehead atoms. The number of rotatable bonds is 7. The number of hydrogen-bond donors (Lipinski definition) is 2. The van der Waals surface area contributed by atoms with Crippen molar-refractivity contribution in [1.29, 1.82) is 0 Å². The van der Waals surface area contributed by atoms with Crippen molar-refractivity contribution in [3.63, 3.8) is 0 Å². The molecule has 42 heavy (non-hydrogen) atoms. The third-order valence-electron chi connectivity index (χ3n) is 8.02. The van der Waals surface area contributed by atoms with E-state index in [-0.39, 0.29) is 23.7 Å². The van der Waals surface area contributed by atoms with Crippen molar-refractivity contribution in [3.05, 3.63) is 65.8 Å². The Morgan fingerprint density at radius 1 is 1.12 bits per heavy atom. The Labute approximate surface area is 237 Å². The molecule has 3 saturated heterocycles. The summed E-state index contributed by atoms with van der Waals surface area (Å²) >= 11 is 0. The minimum atomic E-state index is -5.97. The molecule has 3 fully saturated rings. The number of hydrogen-bond acceptors (Lipinski definition) is 10. The zero-order valence-corrected chi connectivity index (χ0v) is 23.0. The molecular formula is C26H25F3N8O4S. The molecule has 0 aliphatic carbocycles. The Bertz CT molecular complexity index is 1780. The Morgan fingerprint density at radius 3 is 2.64 bits per heavy atom. The third-order valence-corrected chi connectivity index (χ3v) is 9.11. The van der Waals surface area contributed by atoms with Crippen molar-refractivity contribution < 1.29 is 30.5 Å². The molecule has 12 nitrogen and oxygen atoms in total. The lowest BCUT2D eigenvalue weighted by Gasteiger charge is -2.58. The molecule has 3 atom stereocenters. The maximum Gasteiger partial charge on any atom is 0.523 e. The minimum absolute atomic E-state index is 0.137. The molecule has 2 N–H and O–H groups in total. The number of anilines is 1. The van der Waals surface area contributed by atoms with E-state index in [1.165, 1.54) is 29.2 Å². The Kier molecular flexibility index (Phi) is 5.91. The molecule has 0 radical (unpaired) electrons. The van der Waals surface area contributed by atoms with E-state index in [4.69, 9.17) is 8.92 Å². The first-order chi connectivity index (χ1) is 20.0. The lowest BCUT2D eigenvalue weighted by atomic mass is 9.73. The fourth-order valence-electron chi connectivity index (χ4n) is 6.18. The molecule has 4 aliphatic rings. The van der Waals surface area contributed by atoms with Gasteiger partial charge in [0.1, 0.15) is 5.82 Å². The van der Waals surface area contributed by atoms with Gasteiger partial charge in [-0.2, -0.15) is 31.8 Å². The number of piperidine rings is 1. The highest BCUT2D eigenvalue weighted by atomic mass is 32.2. The number of nitrogens with zero attached hydrogens (tertiary/aromatic N) is 6. The van der Waals surface area contributed by atoms with Crippen LogP contribution in [0.25, 0.3) is 17.1 Å². The zero-order chi connectivity index (χ0) is 29.3. The molecule has 0 saturated carbocycles. The van der Waals surface area contributed by atoms with Crippen LogP contribution in [0.4, 0.5) is 19.0 Å². The van der Waals surface area contributed by atoms with E-state index in [1.54, 1.807) is 25.4 Å². The Morgan fingerprint density at radius 2 is 1.95 bits per heavy atom. The van der Waals surface area contributed by atoms with Crippen molar-refractivity contribution in [2.45, 2.75) is 42.1 Å². The summed E-state index contributed by atoms with van der Waals surface area (Å²) in [4.78, 5) is 11.0. The first-order valence-electron chi connectivity index (χ1n) is 13.1. The first-order valence-corrected chi connectivity index (χ1v) is 14.5. The number of methoxy groups -OCH3 is 1. The predicted octanol–water partition coefficient (Wildman–Crippen LogP) is 2.51. The summed E-state index contributed by atoms with van der Waals surface area (Å²) in [6.45, 7) is 1.03. The molecule has 4 aliphatic heterocycles. The van der Waals surface area contributed by atoms with Gasteiger partial charge >= 0.3 is 15.6 Å². The molecule has 0 spiro atoms. The maximum absolute atomic E-state index is 13.5. The van der Waals surface area contributed by atoms with Gasteiger partial charge in [-0.1, -0.05) is 12.1 Å². The largest absolute Gasteiger partial charge is 0.523 e. The summed E-state index contributed by atoms with van der Waals surface area (Å²) in [7, 11) is -4.40. The summed E-state index contributed by atoms with van der Waals surface area (Å²) in [6.07, 6.45) is 9.21. The van der Waals surface area contributed by atoms with Crippen molar-refractivity contribution in [3.8, 4) is 5.88 Å². The number of halogens is 3. The van der Waals surface area contributed by atoms with E-state index in [2.05, 4.69) is 35.5 Å². The SMILES string of the molecule is COc1ccc(CC23CC(CN(c4ccc(C5(OS(=O)(=O)C(F)(F)F)C=Cc6c7cn[nH]c7nn6C5)cn4)C2)N3)cn1. The van der Waals surface area contributed by atoms with Gasteiger partial charge in [0.25, 0.3) is 0 Å². The Hall–Kier alpha value is -4.02. The third kappa shape index (κ3) is 4.40. The van der Waals surface area contributed by atoms with Crippen LogP contribution in [0.15, 0.2) is 48.9 Å². The first kappa shape index (κ1) is 26.9. The van der Waals surface area contributed by atoms with Crippen LogP contribution in [0.2, 0.25) is 0 Å². The van der Waals surface area contributed by atoms with E-state index < -0.39 is 21.2 Å². The lowest BCUT2D eigenvalue weighted by molar-refractivity contribution is -0.0637. The highest BCUT2D eigenvalue weighted by molar-refractivity contribution is 7.87. The summed E-state index contributed by atoms with van der Waals surface area (Å²) in [6, 6.07) is 7.29. The number of piperazine rings is 1. The molecule has 8 rings (SSSR count). The van der Waals surface area contributed by atoms with E-state index in [1.807, 2.05) is 12.1 Å². The van der Waals surface area contributed by atoms with Gasteiger partial charge in [-0.25, -0.2) is 14.2 Å². The van der Waals surface area contributed by atoms with Crippen LogP contribution in [0.1, 0.15) is 23.2 Å². The highest BCUT2D eigenvalue weighted by Gasteiger charge is 2.53. The molecular weight excluding hydrogens is 577 g/mol. The lowest BCUT2D eigenvalue weighted by Crippen LogP contribution is -2.76. The number of ether oxygens (including phenoxy) is 1.